The Morgan fingerprint density at radius 3 is 1.67 bits per heavy atom. The van der Waals surface area contributed by atoms with Gasteiger partial charge in [0.15, 0.2) is 0 Å². The molecule has 0 amide bonds. The summed E-state index contributed by atoms with van der Waals surface area (Å²) in [5.41, 5.74) is 12.3. The van der Waals surface area contributed by atoms with Crippen molar-refractivity contribution >= 4 is 48.6 Å². The van der Waals surface area contributed by atoms with Gasteiger partial charge in [-0.2, -0.15) is 0 Å². The molecule has 218 valence electrons. The highest BCUT2D eigenvalue weighted by Gasteiger charge is 2.42. The molecule has 8 aromatic rings. The first-order chi connectivity index (χ1) is 22.7. The van der Waals surface area contributed by atoms with Gasteiger partial charge in [0, 0.05) is 42.6 Å². The van der Waals surface area contributed by atoms with Crippen LogP contribution in [0.1, 0.15) is 23.6 Å². The lowest BCUT2D eigenvalue weighted by Gasteiger charge is -2.32. The van der Waals surface area contributed by atoms with Gasteiger partial charge in [-0.15, -0.1) is 11.3 Å². The fourth-order valence-electron chi connectivity index (χ4n) is 7.56. The van der Waals surface area contributed by atoms with Gasteiger partial charge in [0.2, 0.25) is 0 Å². The molecule has 0 spiro atoms. The number of anilines is 3. The van der Waals surface area contributed by atoms with Crippen molar-refractivity contribution in [1.82, 2.24) is 0 Å². The van der Waals surface area contributed by atoms with Crippen molar-refractivity contribution in [2.75, 3.05) is 4.90 Å². The van der Waals surface area contributed by atoms with Gasteiger partial charge in [0.1, 0.15) is 0 Å². The third-order valence-electron chi connectivity index (χ3n) is 9.73. The molecule has 1 nitrogen and oxygen atoms in total. The summed E-state index contributed by atoms with van der Waals surface area (Å²) in [5.74, 6) is 0. The van der Waals surface area contributed by atoms with E-state index in [2.05, 4.69) is 182 Å². The summed E-state index contributed by atoms with van der Waals surface area (Å²) in [6, 6.07) is 62.1. The third-order valence-corrected chi connectivity index (χ3v) is 10.8. The Morgan fingerprint density at radius 2 is 0.978 bits per heavy atom. The van der Waals surface area contributed by atoms with Gasteiger partial charge >= 0.3 is 0 Å². The van der Waals surface area contributed by atoms with E-state index < -0.39 is 0 Å². The second kappa shape index (κ2) is 10.6. The summed E-state index contributed by atoms with van der Waals surface area (Å²) in [4.78, 5) is 2.41. The predicted octanol–water partition coefficient (Wildman–Crippen LogP) is 12.5. The Labute approximate surface area is 273 Å². The molecule has 1 aliphatic rings. The van der Waals surface area contributed by atoms with Crippen LogP contribution in [0, 0.1) is 0 Å². The van der Waals surface area contributed by atoms with Crippen LogP contribution in [-0.4, -0.2) is 0 Å². The molecule has 0 fully saturated rings. The van der Waals surface area contributed by atoms with E-state index in [1.807, 2.05) is 11.3 Å². The quantitative estimate of drug-likeness (QED) is 0.189. The van der Waals surface area contributed by atoms with Crippen molar-refractivity contribution in [3.8, 4) is 22.3 Å². The summed E-state index contributed by atoms with van der Waals surface area (Å²) in [5, 5.41) is 2.68. The minimum absolute atomic E-state index is 0.329. The van der Waals surface area contributed by atoms with E-state index in [1.54, 1.807) is 0 Å². The van der Waals surface area contributed by atoms with Crippen molar-refractivity contribution in [1.29, 1.82) is 0 Å². The Morgan fingerprint density at radius 1 is 0.435 bits per heavy atom. The third kappa shape index (κ3) is 4.07. The van der Waals surface area contributed by atoms with Crippen LogP contribution in [0.25, 0.3) is 42.4 Å². The zero-order valence-corrected chi connectivity index (χ0v) is 26.3. The van der Waals surface area contributed by atoms with Gasteiger partial charge in [0.05, 0.1) is 0 Å². The van der Waals surface area contributed by atoms with Crippen LogP contribution in [-0.2, 0) is 5.41 Å². The maximum Gasteiger partial charge on any atom is 0.0479 e. The lowest BCUT2D eigenvalue weighted by Crippen LogP contribution is -2.23. The van der Waals surface area contributed by atoms with Crippen molar-refractivity contribution in [3.05, 3.63) is 187 Å². The minimum atomic E-state index is -0.329. The van der Waals surface area contributed by atoms with Crippen LogP contribution >= 0.6 is 11.3 Å². The van der Waals surface area contributed by atoms with E-state index in [4.69, 9.17) is 0 Å². The Balaban J connectivity index is 1.33. The smallest absolute Gasteiger partial charge is 0.0479 e. The van der Waals surface area contributed by atoms with Crippen LogP contribution in [0.2, 0.25) is 0 Å². The van der Waals surface area contributed by atoms with Crippen molar-refractivity contribution in [3.63, 3.8) is 0 Å². The molecule has 0 aliphatic heterocycles. The van der Waals surface area contributed by atoms with Gasteiger partial charge in [0.25, 0.3) is 0 Å². The summed E-state index contributed by atoms with van der Waals surface area (Å²) >= 11 is 1.89. The van der Waals surface area contributed by atoms with Gasteiger partial charge in [-0.3, -0.25) is 0 Å². The first-order valence-electron chi connectivity index (χ1n) is 15.9. The fourth-order valence-corrected chi connectivity index (χ4v) is 8.73. The lowest BCUT2D eigenvalue weighted by atomic mass is 9.72. The zero-order chi connectivity index (χ0) is 30.7. The van der Waals surface area contributed by atoms with E-state index >= 15 is 0 Å². The van der Waals surface area contributed by atoms with E-state index in [0.717, 1.165) is 17.1 Å². The zero-order valence-electron chi connectivity index (χ0n) is 25.5. The highest BCUT2D eigenvalue weighted by Crippen LogP contribution is 2.56. The molecular weight excluding hydrogens is 575 g/mol. The van der Waals surface area contributed by atoms with Crippen molar-refractivity contribution < 1.29 is 0 Å². The van der Waals surface area contributed by atoms with Crippen molar-refractivity contribution in [2.24, 2.45) is 0 Å². The molecular formula is C44H31NS. The monoisotopic (exact) mass is 605 g/mol. The molecule has 9 rings (SSSR count). The largest absolute Gasteiger partial charge is 0.310 e. The van der Waals surface area contributed by atoms with Gasteiger partial charge < -0.3 is 4.90 Å². The summed E-state index contributed by atoms with van der Waals surface area (Å²) < 4.78 is 2.62. The minimum Gasteiger partial charge on any atom is -0.310 e. The normalized spacial score (nSPS) is 13.1. The predicted molar refractivity (Wildman–Crippen MR) is 197 cm³/mol. The number of fused-ring (bicyclic) bond motifs is 6. The molecule has 46 heavy (non-hydrogen) atoms. The molecule has 2 heteroatoms. The maximum absolute atomic E-state index is 2.47. The number of rotatable bonds is 5. The topological polar surface area (TPSA) is 3.24 Å². The Kier molecular flexibility index (Phi) is 6.19. The molecule has 0 radical (unpaired) electrons. The van der Waals surface area contributed by atoms with Crippen LogP contribution in [0.4, 0.5) is 17.1 Å². The van der Waals surface area contributed by atoms with Gasteiger partial charge in [-0.25, -0.2) is 0 Å². The molecule has 1 aromatic heterocycles. The highest BCUT2D eigenvalue weighted by molar-refractivity contribution is 7.25. The lowest BCUT2D eigenvalue weighted by molar-refractivity contribution is 0.722. The van der Waals surface area contributed by atoms with Crippen LogP contribution in [0.15, 0.2) is 170 Å². The number of hydrogen-bond donors (Lipinski definition) is 0. The molecule has 0 N–H and O–H groups in total. The summed E-state index contributed by atoms with van der Waals surface area (Å²) in [7, 11) is 0. The standard InChI is InChI=1S/C44H31NS/c1-44(38-21-11-8-18-35(38)36-19-9-12-22-39(36)44)40-28-34(29-42-43(40)37-20-10-13-23-41(37)46-42)45(32-16-6-3-7-17-32)33-26-24-31(25-27-33)30-14-4-2-5-15-30/h2-29H,1H3. The highest BCUT2D eigenvalue weighted by atomic mass is 32.1. The van der Waals surface area contributed by atoms with Gasteiger partial charge in [-0.1, -0.05) is 127 Å². The Hall–Kier alpha value is -5.44. The fraction of sp³-hybridized carbons (Fsp3) is 0.0455. The average Bonchev–Trinajstić information content (AvgIpc) is 3.63. The molecule has 0 bridgehead atoms. The molecule has 7 aromatic carbocycles. The molecule has 0 unspecified atom stereocenters. The molecule has 0 saturated heterocycles. The van der Waals surface area contributed by atoms with Crippen molar-refractivity contribution in [2.45, 2.75) is 12.3 Å². The second-order valence-corrected chi connectivity index (χ2v) is 13.3. The van der Waals surface area contributed by atoms with E-state index in [0.29, 0.717) is 0 Å². The van der Waals surface area contributed by atoms with Crippen LogP contribution in [0.3, 0.4) is 0 Å². The first-order valence-corrected chi connectivity index (χ1v) is 16.7. The van der Waals surface area contributed by atoms with E-state index in [-0.39, 0.29) is 5.41 Å². The molecule has 0 saturated carbocycles. The molecule has 0 atom stereocenters. The summed E-state index contributed by atoms with van der Waals surface area (Å²) in [6.07, 6.45) is 0. The number of nitrogens with zero attached hydrogens (tertiary/aromatic N) is 1. The number of benzene rings is 7. The maximum atomic E-state index is 2.47. The number of hydrogen-bond acceptors (Lipinski definition) is 2. The van der Waals surface area contributed by atoms with Crippen LogP contribution < -0.4 is 4.90 Å². The Bertz CT molecular complexity index is 2320. The molecule has 1 aliphatic carbocycles. The molecule has 1 heterocycles. The number of para-hydroxylation sites is 1. The van der Waals surface area contributed by atoms with Gasteiger partial charge in [-0.05, 0) is 88.3 Å². The average molecular weight is 606 g/mol. The van der Waals surface area contributed by atoms with Crippen LogP contribution in [0.5, 0.6) is 0 Å². The SMILES string of the molecule is CC1(c2cc(N(c3ccccc3)c3ccc(-c4ccccc4)cc3)cc3sc4ccccc4c23)c2ccccc2-c2ccccc21. The summed E-state index contributed by atoms with van der Waals surface area (Å²) in [6.45, 7) is 2.43. The second-order valence-electron chi connectivity index (χ2n) is 12.3. The first kappa shape index (κ1) is 26.9. The van der Waals surface area contributed by atoms with E-state index in [9.17, 15) is 0 Å². The number of thiophene rings is 1. The van der Waals surface area contributed by atoms with E-state index in [1.165, 1.54) is 59.1 Å².